The summed E-state index contributed by atoms with van der Waals surface area (Å²) >= 11 is 0. The van der Waals surface area contributed by atoms with Crippen molar-refractivity contribution in [2.45, 2.75) is 39.3 Å². The normalized spacial score (nSPS) is 16.9. The van der Waals surface area contributed by atoms with Crippen LogP contribution in [-0.2, 0) is 20.0 Å². The molecule has 5 nitrogen and oxygen atoms in total. The molecular weight excluding hydrogens is 218 g/mol. The third-order valence-corrected chi connectivity index (χ3v) is 3.40. The van der Waals surface area contributed by atoms with Crippen LogP contribution in [0.15, 0.2) is 0 Å². The number of aromatic carboxylic acids is 1. The predicted molar refractivity (Wildman–Crippen MR) is 64.0 cm³/mol. The Kier molecular flexibility index (Phi) is 2.73. The van der Waals surface area contributed by atoms with E-state index in [4.69, 9.17) is 5.11 Å². The third-order valence-electron chi connectivity index (χ3n) is 3.40. The highest BCUT2D eigenvalue weighted by atomic mass is 16.4. The van der Waals surface area contributed by atoms with Gasteiger partial charge in [0, 0.05) is 31.2 Å². The second-order valence-electron chi connectivity index (χ2n) is 5.54. The van der Waals surface area contributed by atoms with Gasteiger partial charge in [-0.05, 0) is 27.2 Å². The molecule has 0 saturated heterocycles. The van der Waals surface area contributed by atoms with E-state index in [1.54, 1.807) is 4.68 Å². The van der Waals surface area contributed by atoms with Crippen LogP contribution in [0.4, 0.5) is 0 Å². The zero-order valence-corrected chi connectivity index (χ0v) is 10.8. The van der Waals surface area contributed by atoms with Crippen LogP contribution < -0.4 is 0 Å². The quantitative estimate of drug-likeness (QED) is 0.799. The Hall–Kier alpha value is -1.36. The number of aromatic nitrogens is 2. The second kappa shape index (κ2) is 3.84. The molecule has 0 fully saturated rings. The number of aryl methyl sites for hydroxylation is 1. The van der Waals surface area contributed by atoms with Crippen LogP contribution in [0.2, 0.25) is 0 Å². The smallest absolute Gasteiger partial charge is 0.356 e. The lowest BCUT2D eigenvalue weighted by molar-refractivity contribution is 0.0687. The Morgan fingerprint density at radius 1 is 1.41 bits per heavy atom. The molecule has 0 bridgehead atoms. The molecule has 0 amide bonds. The molecule has 1 aromatic heterocycles. The first-order valence-electron chi connectivity index (χ1n) is 5.84. The molecular formula is C12H19N3O2. The number of rotatable bonds is 1. The number of carboxylic acids is 1. The van der Waals surface area contributed by atoms with Crippen molar-refractivity contribution < 1.29 is 9.90 Å². The summed E-state index contributed by atoms with van der Waals surface area (Å²) in [5.74, 6) is -0.925. The first kappa shape index (κ1) is 12.1. The first-order chi connectivity index (χ1) is 7.80. The summed E-state index contributed by atoms with van der Waals surface area (Å²) < 4.78 is 1.71. The molecule has 5 heteroatoms. The molecule has 1 aliphatic heterocycles. The van der Waals surface area contributed by atoms with E-state index in [0.29, 0.717) is 0 Å². The molecule has 1 aliphatic rings. The van der Waals surface area contributed by atoms with Crippen LogP contribution in [0.5, 0.6) is 0 Å². The van der Waals surface area contributed by atoms with Crippen LogP contribution in [0.1, 0.15) is 42.5 Å². The van der Waals surface area contributed by atoms with Gasteiger partial charge in [-0.25, -0.2) is 4.79 Å². The highest BCUT2D eigenvalue weighted by Gasteiger charge is 2.31. The van der Waals surface area contributed by atoms with Crippen molar-refractivity contribution in [1.82, 2.24) is 14.7 Å². The maximum absolute atomic E-state index is 11.1. The minimum Gasteiger partial charge on any atom is -0.476 e. The summed E-state index contributed by atoms with van der Waals surface area (Å²) in [5, 5.41) is 13.2. The predicted octanol–water partition coefficient (Wildman–Crippen LogP) is 1.27. The molecule has 2 rings (SSSR count). The van der Waals surface area contributed by atoms with Crippen LogP contribution in [0.25, 0.3) is 0 Å². The minimum absolute atomic E-state index is 0.103. The average Bonchev–Trinajstić information content (AvgIpc) is 2.55. The van der Waals surface area contributed by atoms with Gasteiger partial charge in [0.05, 0.1) is 5.69 Å². The van der Waals surface area contributed by atoms with Gasteiger partial charge in [-0.15, -0.1) is 0 Å². The van der Waals surface area contributed by atoms with E-state index < -0.39 is 5.97 Å². The molecule has 0 unspecified atom stereocenters. The highest BCUT2D eigenvalue weighted by Crippen LogP contribution is 2.26. The van der Waals surface area contributed by atoms with Crippen molar-refractivity contribution in [2.75, 3.05) is 6.54 Å². The maximum atomic E-state index is 11.1. The lowest BCUT2D eigenvalue weighted by Gasteiger charge is -2.38. The zero-order valence-electron chi connectivity index (χ0n) is 10.8. The van der Waals surface area contributed by atoms with E-state index in [1.165, 1.54) is 0 Å². The monoisotopic (exact) mass is 237 g/mol. The standard InChI is InChI=1S/C12H19N3O2/c1-12(2,3)15-6-5-8-9(7-15)14(4)13-10(8)11(16)17/h5-7H2,1-4H3,(H,16,17). The molecule has 0 spiro atoms. The number of fused-ring (bicyclic) bond motifs is 1. The van der Waals surface area contributed by atoms with Crippen molar-refractivity contribution in [3.63, 3.8) is 0 Å². The molecule has 1 aromatic rings. The molecule has 2 heterocycles. The van der Waals surface area contributed by atoms with Crippen LogP contribution in [-0.4, -0.2) is 37.8 Å². The van der Waals surface area contributed by atoms with Gasteiger partial charge in [0.2, 0.25) is 0 Å². The Bertz CT molecular complexity index is 457. The maximum Gasteiger partial charge on any atom is 0.356 e. The van der Waals surface area contributed by atoms with Gasteiger partial charge in [-0.3, -0.25) is 9.58 Å². The van der Waals surface area contributed by atoms with Gasteiger partial charge in [0.1, 0.15) is 0 Å². The number of hydrogen-bond acceptors (Lipinski definition) is 3. The Morgan fingerprint density at radius 3 is 2.59 bits per heavy atom. The highest BCUT2D eigenvalue weighted by molar-refractivity contribution is 5.87. The summed E-state index contributed by atoms with van der Waals surface area (Å²) in [7, 11) is 1.82. The second-order valence-corrected chi connectivity index (χ2v) is 5.54. The topological polar surface area (TPSA) is 58.4 Å². The minimum atomic E-state index is -0.925. The van der Waals surface area contributed by atoms with Gasteiger partial charge in [-0.2, -0.15) is 5.10 Å². The first-order valence-corrected chi connectivity index (χ1v) is 5.84. The molecule has 0 radical (unpaired) electrons. The average molecular weight is 237 g/mol. The summed E-state index contributed by atoms with van der Waals surface area (Å²) in [4.78, 5) is 13.4. The Balaban J connectivity index is 2.37. The summed E-state index contributed by atoms with van der Waals surface area (Å²) in [6.07, 6.45) is 0.766. The number of nitrogens with zero attached hydrogens (tertiary/aromatic N) is 3. The third kappa shape index (κ3) is 2.07. The molecule has 0 atom stereocenters. The Labute approximate surface area is 101 Å². The molecule has 0 aromatic carbocycles. The SMILES string of the molecule is Cn1nc(C(=O)O)c2c1CN(C(C)(C)C)CC2. The van der Waals surface area contributed by atoms with Gasteiger partial charge in [0.15, 0.2) is 5.69 Å². The van der Waals surface area contributed by atoms with Crippen molar-refractivity contribution in [3.05, 3.63) is 17.0 Å². The molecule has 1 N–H and O–H groups in total. The van der Waals surface area contributed by atoms with Crippen LogP contribution in [0, 0.1) is 0 Å². The van der Waals surface area contributed by atoms with E-state index in [2.05, 4.69) is 30.8 Å². The van der Waals surface area contributed by atoms with Crippen LogP contribution in [0.3, 0.4) is 0 Å². The van der Waals surface area contributed by atoms with E-state index in [-0.39, 0.29) is 11.2 Å². The summed E-state index contributed by atoms with van der Waals surface area (Å²) in [6, 6.07) is 0. The van der Waals surface area contributed by atoms with E-state index in [9.17, 15) is 4.79 Å². The largest absolute Gasteiger partial charge is 0.476 e. The number of carboxylic acid groups (broad SMARTS) is 1. The van der Waals surface area contributed by atoms with Crippen molar-refractivity contribution >= 4 is 5.97 Å². The molecule has 94 valence electrons. The number of hydrogen-bond donors (Lipinski definition) is 1. The fourth-order valence-corrected chi connectivity index (χ4v) is 2.31. The van der Waals surface area contributed by atoms with E-state index in [0.717, 1.165) is 30.8 Å². The summed E-state index contributed by atoms with van der Waals surface area (Å²) in [6.45, 7) is 8.18. The fraction of sp³-hybridized carbons (Fsp3) is 0.667. The van der Waals surface area contributed by atoms with Gasteiger partial charge >= 0.3 is 5.97 Å². The van der Waals surface area contributed by atoms with E-state index in [1.807, 2.05) is 7.05 Å². The van der Waals surface area contributed by atoms with Gasteiger partial charge in [-0.1, -0.05) is 0 Å². The van der Waals surface area contributed by atoms with Crippen molar-refractivity contribution in [2.24, 2.45) is 7.05 Å². The van der Waals surface area contributed by atoms with Crippen LogP contribution >= 0.6 is 0 Å². The summed E-state index contributed by atoms with van der Waals surface area (Å²) in [5.41, 5.74) is 2.26. The van der Waals surface area contributed by atoms with Crippen molar-refractivity contribution in [3.8, 4) is 0 Å². The molecule has 0 aliphatic carbocycles. The Morgan fingerprint density at radius 2 is 2.06 bits per heavy atom. The zero-order chi connectivity index (χ0) is 12.8. The lowest BCUT2D eigenvalue weighted by atomic mass is 9.98. The molecule has 0 saturated carbocycles. The molecule has 17 heavy (non-hydrogen) atoms. The fourth-order valence-electron chi connectivity index (χ4n) is 2.31. The van der Waals surface area contributed by atoms with Gasteiger partial charge < -0.3 is 5.11 Å². The van der Waals surface area contributed by atoms with Gasteiger partial charge in [0.25, 0.3) is 0 Å². The van der Waals surface area contributed by atoms with E-state index >= 15 is 0 Å². The number of carbonyl (C=O) groups is 1. The van der Waals surface area contributed by atoms with Crippen molar-refractivity contribution in [1.29, 1.82) is 0 Å². The lowest BCUT2D eigenvalue weighted by Crippen LogP contribution is -2.44.